The van der Waals surface area contributed by atoms with Gasteiger partial charge in [-0.15, -0.1) is 0 Å². The Kier molecular flexibility index (Phi) is 9.11. The molecule has 1 heterocycles. The summed E-state index contributed by atoms with van der Waals surface area (Å²) in [6, 6.07) is 13.4. The van der Waals surface area contributed by atoms with Crippen molar-refractivity contribution in [3.63, 3.8) is 0 Å². The number of benzene rings is 2. The van der Waals surface area contributed by atoms with Crippen molar-refractivity contribution in [1.29, 1.82) is 0 Å². The average Bonchev–Trinajstić information content (AvgIpc) is 3.72. The van der Waals surface area contributed by atoms with Crippen LogP contribution in [0.3, 0.4) is 0 Å². The standard InChI is InChI=1S/C29H36Cl2N2O5/c1-29(2,3)38-28(35)32-14-13-23(19-7-5-9-22(15-19)37-18-36-4)24(17-32)27(34)33(21-11-12-21)16-20-8-6-10-25(30)26(20)31/h5-10,15,21,23-24H,11-14,16-18H2,1-4H3/t23-,24+/m1/s1. The molecule has 0 spiro atoms. The topological polar surface area (TPSA) is 68.3 Å². The fourth-order valence-electron chi connectivity index (χ4n) is 4.90. The summed E-state index contributed by atoms with van der Waals surface area (Å²) in [7, 11) is 1.57. The smallest absolute Gasteiger partial charge is 0.410 e. The van der Waals surface area contributed by atoms with Crippen LogP contribution in [0.15, 0.2) is 42.5 Å². The number of methoxy groups -OCH3 is 1. The Balaban J connectivity index is 1.63. The van der Waals surface area contributed by atoms with Gasteiger partial charge in [0.2, 0.25) is 5.91 Å². The highest BCUT2D eigenvalue weighted by Crippen LogP contribution is 2.39. The third-order valence-corrected chi connectivity index (χ3v) is 7.71. The SMILES string of the molecule is COCOc1cccc([C@H]2CCN(C(=O)OC(C)(C)C)C[C@@H]2C(=O)N(Cc2cccc(Cl)c2Cl)C2CC2)c1. The monoisotopic (exact) mass is 562 g/mol. The van der Waals surface area contributed by atoms with E-state index in [0.717, 1.165) is 24.0 Å². The third kappa shape index (κ3) is 7.13. The summed E-state index contributed by atoms with van der Waals surface area (Å²) >= 11 is 12.8. The zero-order chi connectivity index (χ0) is 27.4. The fraction of sp³-hybridized carbons (Fsp3) is 0.517. The minimum Gasteiger partial charge on any atom is -0.468 e. The van der Waals surface area contributed by atoms with Crippen molar-refractivity contribution >= 4 is 35.2 Å². The summed E-state index contributed by atoms with van der Waals surface area (Å²) in [5.41, 5.74) is 1.19. The van der Waals surface area contributed by atoms with E-state index in [-0.39, 0.29) is 31.2 Å². The second-order valence-corrected chi connectivity index (χ2v) is 11.7. The van der Waals surface area contributed by atoms with Gasteiger partial charge < -0.3 is 24.0 Å². The number of nitrogens with zero attached hydrogens (tertiary/aromatic N) is 2. The Hall–Kier alpha value is -2.48. The van der Waals surface area contributed by atoms with Crippen molar-refractivity contribution < 1.29 is 23.8 Å². The molecule has 206 valence electrons. The van der Waals surface area contributed by atoms with Crippen LogP contribution in [0.1, 0.15) is 57.1 Å². The lowest BCUT2D eigenvalue weighted by atomic mass is 9.79. The van der Waals surface area contributed by atoms with Crippen molar-refractivity contribution in [3.05, 3.63) is 63.6 Å². The van der Waals surface area contributed by atoms with E-state index < -0.39 is 17.6 Å². The van der Waals surface area contributed by atoms with Gasteiger partial charge in [-0.25, -0.2) is 4.79 Å². The molecular weight excluding hydrogens is 527 g/mol. The van der Waals surface area contributed by atoms with Crippen LogP contribution in [0, 0.1) is 5.92 Å². The van der Waals surface area contributed by atoms with Crippen LogP contribution in [0.25, 0.3) is 0 Å². The Morgan fingerprint density at radius 1 is 1.08 bits per heavy atom. The van der Waals surface area contributed by atoms with Gasteiger partial charge in [0.1, 0.15) is 11.4 Å². The number of rotatable bonds is 8. The maximum absolute atomic E-state index is 14.3. The van der Waals surface area contributed by atoms with Gasteiger partial charge >= 0.3 is 6.09 Å². The molecule has 0 radical (unpaired) electrons. The molecule has 38 heavy (non-hydrogen) atoms. The number of hydrogen-bond acceptors (Lipinski definition) is 5. The summed E-state index contributed by atoms with van der Waals surface area (Å²) in [6.45, 7) is 6.80. The third-order valence-electron chi connectivity index (χ3n) is 6.85. The molecule has 2 fully saturated rings. The van der Waals surface area contributed by atoms with Crippen molar-refractivity contribution in [2.45, 2.75) is 64.1 Å². The van der Waals surface area contributed by atoms with E-state index in [9.17, 15) is 9.59 Å². The maximum Gasteiger partial charge on any atom is 0.410 e. The van der Waals surface area contributed by atoms with E-state index in [0.29, 0.717) is 35.3 Å². The van der Waals surface area contributed by atoms with Gasteiger partial charge in [-0.05, 0) is 75.3 Å². The molecule has 1 saturated heterocycles. The van der Waals surface area contributed by atoms with Crippen molar-refractivity contribution in [1.82, 2.24) is 9.80 Å². The highest BCUT2D eigenvalue weighted by atomic mass is 35.5. The molecule has 7 nitrogen and oxygen atoms in total. The van der Waals surface area contributed by atoms with Gasteiger partial charge in [-0.2, -0.15) is 0 Å². The quantitative estimate of drug-likeness (QED) is 0.343. The number of likely N-dealkylation sites (tertiary alicyclic amines) is 1. The number of carbonyl (C=O) groups excluding carboxylic acids is 2. The van der Waals surface area contributed by atoms with Crippen LogP contribution >= 0.6 is 23.2 Å². The number of piperidine rings is 1. The van der Waals surface area contributed by atoms with Crippen LogP contribution in [0.5, 0.6) is 5.75 Å². The fourth-order valence-corrected chi connectivity index (χ4v) is 5.28. The first kappa shape index (κ1) is 28.5. The summed E-state index contributed by atoms with van der Waals surface area (Å²) < 4.78 is 16.4. The maximum atomic E-state index is 14.3. The van der Waals surface area contributed by atoms with Gasteiger partial charge in [0.25, 0.3) is 0 Å². The largest absolute Gasteiger partial charge is 0.468 e. The van der Waals surface area contributed by atoms with Crippen molar-refractivity contribution in [2.24, 2.45) is 5.92 Å². The molecule has 2 aromatic carbocycles. The van der Waals surface area contributed by atoms with Gasteiger partial charge in [0.05, 0.1) is 16.0 Å². The molecular formula is C29H36Cl2N2O5. The minimum atomic E-state index is -0.621. The van der Waals surface area contributed by atoms with Gasteiger partial charge in [0.15, 0.2) is 6.79 Å². The molecule has 2 atom stereocenters. The molecule has 0 aromatic heterocycles. The number of ether oxygens (including phenoxy) is 3. The normalized spacial score (nSPS) is 19.7. The predicted octanol–water partition coefficient (Wildman–Crippen LogP) is 6.51. The van der Waals surface area contributed by atoms with Crippen LogP contribution in [-0.2, 0) is 20.8 Å². The zero-order valence-electron chi connectivity index (χ0n) is 22.4. The lowest BCUT2D eigenvalue weighted by Crippen LogP contribution is -2.51. The van der Waals surface area contributed by atoms with E-state index in [1.54, 1.807) is 18.1 Å². The second kappa shape index (κ2) is 12.1. The lowest BCUT2D eigenvalue weighted by molar-refractivity contribution is -0.139. The highest BCUT2D eigenvalue weighted by molar-refractivity contribution is 6.42. The molecule has 1 saturated carbocycles. The summed E-state index contributed by atoms with van der Waals surface area (Å²) in [5, 5.41) is 0.929. The first-order valence-electron chi connectivity index (χ1n) is 13.0. The van der Waals surface area contributed by atoms with Crippen LogP contribution in [-0.4, -0.2) is 60.4 Å². The molecule has 4 rings (SSSR count). The van der Waals surface area contributed by atoms with E-state index >= 15 is 0 Å². The number of amides is 2. The Morgan fingerprint density at radius 2 is 1.82 bits per heavy atom. The number of halogens is 2. The van der Waals surface area contributed by atoms with E-state index in [1.165, 1.54) is 0 Å². The molecule has 2 amide bonds. The van der Waals surface area contributed by atoms with Gasteiger partial charge in [0, 0.05) is 32.8 Å². The van der Waals surface area contributed by atoms with Crippen LogP contribution < -0.4 is 4.74 Å². The highest BCUT2D eigenvalue weighted by Gasteiger charge is 2.43. The molecule has 2 aromatic rings. The molecule has 2 aliphatic rings. The van der Waals surface area contributed by atoms with Crippen LogP contribution in [0.2, 0.25) is 10.0 Å². The predicted molar refractivity (Wildman–Crippen MR) is 148 cm³/mol. The summed E-state index contributed by atoms with van der Waals surface area (Å²) in [5.74, 6) is 0.135. The molecule has 0 N–H and O–H groups in total. The van der Waals surface area contributed by atoms with Crippen LogP contribution in [0.4, 0.5) is 4.79 Å². The van der Waals surface area contributed by atoms with E-state index in [2.05, 4.69) is 0 Å². The van der Waals surface area contributed by atoms with Crippen molar-refractivity contribution in [3.8, 4) is 5.75 Å². The molecule has 0 unspecified atom stereocenters. The molecule has 1 aliphatic heterocycles. The number of hydrogen-bond donors (Lipinski definition) is 0. The molecule has 1 aliphatic carbocycles. The lowest BCUT2D eigenvalue weighted by Gasteiger charge is -2.40. The zero-order valence-corrected chi connectivity index (χ0v) is 23.9. The summed E-state index contributed by atoms with van der Waals surface area (Å²) in [4.78, 5) is 30.9. The van der Waals surface area contributed by atoms with Gasteiger partial charge in [-0.1, -0.05) is 47.5 Å². The minimum absolute atomic E-state index is 0.00464. The van der Waals surface area contributed by atoms with Crippen molar-refractivity contribution in [2.75, 3.05) is 27.0 Å². The Bertz CT molecular complexity index is 1150. The first-order valence-corrected chi connectivity index (χ1v) is 13.8. The van der Waals surface area contributed by atoms with E-state index in [1.807, 2.05) is 62.1 Å². The first-order chi connectivity index (χ1) is 18.1. The second-order valence-electron chi connectivity index (χ2n) is 11.0. The summed E-state index contributed by atoms with van der Waals surface area (Å²) in [6.07, 6.45) is 2.11. The molecule has 9 heteroatoms. The molecule has 0 bridgehead atoms. The number of carbonyl (C=O) groups is 2. The average molecular weight is 564 g/mol. The Morgan fingerprint density at radius 3 is 2.50 bits per heavy atom. The van der Waals surface area contributed by atoms with E-state index in [4.69, 9.17) is 37.4 Å². The Labute approximate surface area is 234 Å². The van der Waals surface area contributed by atoms with Gasteiger partial charge in [-0.3, -0.25) is 4.79 Å².